The molecule has 1 heterocycles. The van der Waals surface area contributed by atoms with Gasteiger partial charge in [0.25, 0.3) is 0 Å². The van der Waals surface area contributed by atoms with Crippen molar-refractivity contribution in [1.82, 2.24) is 10.2 Å². The third-order valence-electron chi connectivity index (χ3n) is 5.61. The summed E-state index contributed by atoms with van der Waals surface area (Å²) in [5.41, 5.74) is 1.94. The summed E-state index contributed by atoms with van der Waals surface area (Å²) in [7, 11) is 0. The van der Waals surface area contributed by atoms with Gasteiger partial charge in [0.05, 0.1) is 6.04 Å². The highest BCUT2D eigenvalue weighted by Crippen LogP contribution is 2.23. The second kappa shape index (κ2) is 9.51. The SMILES string of the molecule is CC(C(=O)N[C@H](C(=O)O)c1ccccc1)N1CCC(Cc2ccccc2)CC1. The van der Waals surface area contributed by atoms with Crippen LogP contribution in [0.5, 0.6) is 0 Å². The standard InChI is InChI=1S/C23H28N2O3/c1-17(22(26)24-21(23(27)28)20-10-6-3-7-11-20)25-14-12-19(13-15-25)16-18-8-4-2-5-9-18/h2-11,17,19,21H,12-16H2,1H3,(H,24,26)(H,27,28)/t17?,21-/m0/s1. The molecule has 1 saturated heterocycles. The molecule has 2 N–H and O–H groups in total. The van der Waals surface area contributed by atoms with E-state index >= 15 is 0 Å². The molecule has 0 aliphatic carbocycles. The highest BCUT2D eigenvalue weighted by molar-refractivity contribution is 5.87. The number of hydrogen-bond donors (Lipinski definition) is 2. The average Bonchev–Trinajstić information content (AvgIpc) is 2.73. The number of rotatable bonds is 7. The van der Waals surface area contributed by atoms with Crippen molar-refractivity contribution in [2.24, 2.45) is 5.92 Å². The minimum Gasteiger partial charge on any atom is -0.479 e. The summed E-state index contributed by atoms with van der Waals surface area (Å²) in [6.45, 7) is 3.57. The second-order valence-corrected chi connectivity index (χ2v) is 7.54. The lowest BCUT2D eigenvalue weighted by atomic mass is 9.89. The normalized spacial score (nSPS) is 17.6. The second-order valence-electron chi connectivity index (χ2n) is 7.54. The first kappa shape index (κ1) is 20.1. The Morgan fingerprint density at radius 2 is 1.61 bits per heavy atom. The number of carbonyl (C=O) groups is 2. The van der Waals surface area contributed by atoms with E-state index in [1.54, 1.807) is 24.3 Å². The third-order valence-corrected chi connectivity index (χ3v) is 5.61. The average molecular weight is 380 g/mol. The number of amides is 1. The fourth-order valence-electron chi connectivity index (χ4n) is 3.85. The van der Waals surface area contributed by atoms with Crippen molar-refractivity contribution in [3.63, 3.8) is 0 Å². The molecule has 1 amide bonds. The van der Waals surface area contributed by atoms with E-state index in [4.69, 9.17) is 0 Å². The van der Waals surface area contributed by atoms with Crippen molar-refractivity contribution < 1.29 is 14.7 Å². The molecule has 1 unspecified atom stereocenters. The predicted molar refractivity (Wildman–Crippen MR) is 109 cm³/mol. The van der Waals surface area contributed by atoms with E-state index < -0.39 is 12.0 Å². The number of aliphatic carboxylic acids is 1. The van der Waals surface area contributed by atoms with Crippen LogP contribution in [0.4, 0.5) is 0 Å². The lowest BCUT2D eigenvalue weighted by molar-refractivity contribution is -0.143. The molecule has 2 aromatic carbocycles. The van der Waals surface area contributed by atoms with Crippen LogP contribution in [0, 0.1) is 5.92 Å². The predicted octanol–water partition coefficient (Wildman–Crippen LogP) is 3.27. The lowest BCUT2D eigenvalue weighted by Gasteiger charge is -2.35. The van der Waals surface area contributed by atoms with Gasteiger partial charge in [-0.1, -0.05) is 60.7 Å². The molecule has 1 aliphatic heterocycles. The maximum absolute atomic E-state index is 12.7. The quantitative estimate of drug-likeness (QED) is 0.773. The Labute approximate surface area is 166 Å². The number of carbonyl (C=O) groups excluding carboxylic acids is 1. The van der Waals surface area contributed by atoms with Crippen molar-refractivity contribution in [2.45, 2.75) is 38.3 Å². The van der Waals surface area contributed by atoms with Crippen LogP contribution < -0.4 is 5.32 Å². The van der Waals surface area contributed by atoms with Gasteiger partial charge in [0.2, 0.25) is 5.91 Å². The van der Waals surface area contributed by atoms with Crippen LogP contribution in [-0.2, 0) is 16.0 Å². The molecule has 0 bridgehead atoms. The Hall–Kier alpha value is -2.66. The van der Waals surface area contributed by atoms with Gasteiger partial charge in [0.15, 0.2) is 6.04 Å². The number of likely N-dealkylation sites (tertiary alicyclic amines) is 1. The zero-order chi connectivity index (χ0) is 19.9. The highest BCUT2D eigenvalue weighted by Gasteiger charge is 2.30. The van der Waals surface area contributed by atoms with Gasteiger partial charge in [0.1, 0.15) is 0 Å². The molecule has 0 saturated carbocycles. The third kappa shape index (κ3) is 5.20. The lowest BCUT2D eigenvalue weighted by Crippen LogP contribution is -2.50. The minimum absolute atomic E-state index is 0.238. The van der Waals surface area contributed by atoms with Gasteiger partial charge < -0.3 is 10.4 Å². The van der Waals surface area contributed by atoms with E-state index in [-0.39, 0.29) is 11.9 Å². The smallest absolute Gasteiger partial charge is 0.330 e. The van der Waals surface area contributed by atoms with E-state index in [1.807, 2.05) is 19.1 Å². The number of hydrogen-bond acceptors (Lipinski definition) is 3. The summed E-state index contributed by atoms with van der Waals surface area (Å²) in [6, 6.07) is 18.0. The maximum Gasteiger partial charge on any atom is 0.330 e. The summed E-state index contributed by atoms with van der Waals surface area (Å²) in [5.74, 6) is -0.656. The van der Waals surface area contributed by atoms with Gasteiger partial charge in [-0.25, -0.2) is 4.79 Å². The number of nitrogens with zero attached hydrogens (tertiary/aromatic N) is 1. The Bertz CT molecular complexity index is 771. The number of piperidine rings is 1. The van der Waals surface area contributed by atoms with Gasteiger partial charge >= 0.3 is 5.97 Å². The van der Waals surface area contributed by atoms with Gasteiger partial charge in [-0.2, -0.15) is 0 Å². The summed E-state index contributed by atoms with van der Waals surface area (Å²) in [6.07, 6.45) is 3.17. The molecule has 0 spiro atoms. The zero-order valence-corrected chi connectivity index (χ0v) is 16.3. The van der Waals surface area contributed by atoms with E-state index in [0.717, 1.165) is 32.4 Å². The van der Waals surface area contributed by atoms with Gasteiger partial charge in [-0.15, -0.1) is 0 Å². The van der Waals surface area contributed by atoms with Crippen LogP contribution in [0.1, 0.15) is 36.9 Å². The van der Waals surface area contributed by atoms with Crippen molar-refractivity contribution in [3.05, 3.63) is 71.8 Å². The highest BCUT2D eigenvalue weighted by atomic mass is 16.4. The van der Waals surface area contributed by atoms with Crippen LogP contribution in [0.15, 0.2) is 60.7 Å². The van der Waals surface area contributed by atoms with Crippen LogP contribution in [0.25, 0.3) is 0 Å². The zero-order valence-electron chi connectivity index (χ0n) is 16.3. The Balaban J connectivity index is 1.53. The number of nitrogens with one attached hydrogen (secondary N) is 1. The molecule has 5 nitrogen and oxygen atoms in total. The van der Waals surface area contributed by atoms with Crippen LogP contribution in [-0.4, -0.2) is 41.0 Å². The van der Waals surface area contributed by atoms with Gasteiger partial charge in [-0.3, -0.25) is 9.69 Å². The number of carboxylic acid groups (broad SMARTS) is 1. The van der Waals surface area contributed by atoms with Crippen molar-refractivity contribution in [2.75, 3.05) is 13.1 Å². The van der Waals surface area contributed by atoms with Gasteiger partial charge in [-0.05, 0) is 56.3 Å². The molecular formula is C23H28N2O3. The molecule has 0 radical (unpaired) electrons. The summed E-state index contributed by atoms with van der Waals surface area (Å²) in [5, 5.41) is 12.2. The van der Waals surface area contributed by atoms with Crippen LogP contribution in [0.3, 0.4) is 0 Å². The molecule has 1 fully saturated rings. The number of carboxylic acids is 1. The van der Waals surface area contributed by atoms with Crippen molar-refractivity contribution >= 4 is 11.9 Å². The fourth-order valence-corrected chi connectivity index (χ4v) is 3.85. The first-order valence-corrected chi connectivity index (χ1v) is 9.90. The topological polar surface area (TPSA) is 69.6 Å². The van der Waals surface area contributed by atoms with Gasteiger partial charge in [0, 0.05) is 0 Å². The molecule has 1 aliphatic rings. The van der Waals surface area contributed by atoms with E-state index in [1.165, 1.54) is 5.56 Å². The molecule has 5 heteroatoms. The molecular weight excluding hydrogens is 352 g/mol. The Morgan fingerprint density at radius 1 is 1.04 bits per heavy atom. The van der Waals surface area contributed by atoms with E-state index in [0.29, 0.717) is 11.5 Å². The first-order chi connectivity index (χ1) is 13.5. The summed E-state index contributed by atoms with van der Waals surface area (Å²) < 4.78 is 0. The maximum atomic E-state index is 12.7. The van der Waals surface area contributed by atoms with Crippen LogP contribution in [0.2, 0.25) is 0 Å². The summed E-state index contributed by atoms with van der Waals surface area (Å²) in [4.78, 5) is 26.5. The Morgan fingerprint density at radius 3 is 2.18 bits per heavy atom. The minimum atomic E-state index is -1.05. The molecule has 2 atom stereocenters. The summed E-state index contributed by atoms with van der Waals surface area (Å²) >= 11 is 0. The van der Waals surface area contributed by atoms with Crippen molar-refractivity contribution in [1.29, 1.82) is 0 Å². The number of benzene rings is 2. The monoisotopic (exact) mass is 380 g/mol. The molecule has 148 valence electrons. The van der Waals surface area contributed by atoms with Crippen molar-refractivity contribution in [3.8, 4) is 0 Å². The molecule has 2 aromatic rings. The van der Waals surface area contributed by atoms with E-state index in [2.05, 4.69) is 34.5 Å². The molecule has 0 aromatic heterocycles. The van der Waals surface area contributed by atoms with Crippen LogP contribution >= 0.6 is 0 Å². The Kier molecular flexibility index (Phi) is 6.82. The first-order valence-electron chi connectivity index (χ1n) is 9.90. The fraction of sp³-hybridized carbons (Fsp3) is 0.391. The molecule has 28 heavy (non-hydrogen) atoms. The van der Waals surface area contributed by atoms with E-state index in [9.17, 15) is 14.7 Å². The largest absolute Gasteiger partial charge is 0.479 e. The molecule has 3 rings (SSSR count).